The first-order valence-corrected chi connectivity index (χ1v) is 7.82. The topological polar surface area (TPSA) is 80.9 Å². The summed E-state index contributed by atoms with van der Waals surface area (Å²) in [7, 11) is 0. The van der Waals surface area contributed by atoms with E-state index in [2.05, 4.69) is 19.8 Å². The number of pyridine rings is 1. The maximum atomic E-state index is 12.1. The highest BCUT2D eigenvalue weighted by Crippen LogP contribution is 2.28. The molecule has 0 unspecified atom stereocenters. The third-order valence-corrected chi connectivity index (χ3v) is 4.08. The van der Waals surface area contributed by atoms with Gasteiger partial charge in [0.1, 0.15) is 10.6 Å². The SMILES string of the molecule is Cc1cc(C)c2c(NC(=O)CCc3cc(Cl)no3)nsc2n1. The van der Waals surface area contributed by atoms with Gasteiger partial charge in [-0.2, -0.15) is 4.37 Å². The van der Waals surface area contributed by atoms with Crippen molar-refractivity contribution >= 4 is 45.1 Å². The van der Waals surface area contributed by atoms with Gasteiger partial charge in [0.15, 0.2) is 11.0 Å². The number of aryl methyl sites for hydroxylation is 3. The highest BCUT2D eigenvalue weighted by atomic mass is 35.5. The summed E-state index contributed by atoms with van der Waals surface area (Å²) in [5.74, 6) is 1.00. The van der Waals surface area contributed by atoms with E-state index in [1.165, 1.54) is 11.5 Å². The minimum atomic E-state index is -0.139. The minimum Gasteiger partial charge on any atom is -0.360 e. The van der Waals surface area contributed by atoms with Crippen molar-refractivity contribution in [2.45, 2.75) is 26.7 Å². The number of hydrogen-bond acceptors (Lipinski definition) is 6. The number of hydrogen-bond donors (Lipinski definition) is 1. The zero-order chi connectivity index (χ0) is 15.7. The molecule has 0 aliphatic heterocycles. The first-order chi connectivity index (χ1) is 10.5. The molecule has 3 heterocycles. The van der Waals surface area contributed by atoms with Crippen LogP contribution in [0.15, 0.2) is 16.7 Å². The van der Waals surface area contributed by atoms with Crippen LogP contribution in [0.1, 0.15) is 23.4 Å². The second kappa shape index (κ2) is 6.02. The number of rotatable bonds is 4. The van der Waals surface area contributed by atoms with Gasteiger partial charge < -0.3 is 9.84 Å². The summed E-state index contributed by atoms with van der Waals surface area (Å²) in [4.78, 5) is 17.3. The highest BCUT2D eigenvalue weighted by molar-refractivity contribution is 7.13. The van der Waals surface area contributed by atoms with E-state index in [1.54, 1.807) is 6.07 Å². The van der Waals surface area contributed by atoms with Gasteiger partial charge in [-0.1, -0.05) is 16.8 Å². The van der Waals surface area contributed by atoms with Crippen LogP contribution in [-0.2, 0) is 11.2 Å². The maximum Gasteiger partial charge on any atom is 0.226 e. The Bertz CT molecular complexity index is 843. The van der Waals surface area contributed by atoms with Gasteiger partial charge in [-0.15, -0.1) is 0 Å². The van der Waals surface area contributed by atoms with Gasteiger partial charge >= 0.3 is 0 Å². The van der Waals surface area contributed by atoms with Gasteiger partial charge in [0.25, 0.3) is 0 Å². The third kappa shape index (κ3) is 3.10. The van der Waals surface area contributed by atoms with E-state index in [0.717, 1.165) is 21.5 Å². The van der Waals surface area contributed by atoms with Crippen LogP contribution in [0.5, 0.6) is 0 Å². The van der Waals surface area contributed by atoms with Gasteiger partial charge in [0.2, 0.25) is 5.91 Å². The molecule has 0 radical (unpaired) electrons. The molecule has 1 amide bonds. The number of carbonyl (C=O) groups excluding carboxylic acids is 1. The Morgan fingerprint density at radius 1 is 1.41 bits per heavy atom. The first-order valence-electron chi connectivity index (χ1n) is 6.67. The molecule has 3 aromatic rings. The Morgan fingerprint density at radius 2 is 2.23 bits per heavy atom. The minimum absolute atomic E-state index is 0.139. The van der Waals surface area contributed by atoms with Gasteiger partial charge in [0, 0.05) is 24.6 Å². The number of nitrogens with zero attached hydrogens (tertiary/aromatic N) is 3. The van der Waals surface area contributed by atoms with E-state index in [4.69, 9.17) is 16.1 Å². The molecule has 8 heteroatoms. The summed E-state index contributed by atoms with van der Waals surface area (Å²) in [5.41, 5.74) is 1.99. The molecule has 1 N–H and O–H groups in total. The summed E-state index contributed by atoms with van der Waals surface area (Å²) in [5, 5.41) is 7.58. The summed E-state index contributed by atoms with van der Waals surface area (Å²) >= 11 is 6.95. The number of carbonyl (C=O) groups is 1. The zero-order valence-electron chi connectivity index (χ0n) is 12.0. The number of nitrogens with one attached hydrogen (secondary N) is 1. The van der Waals surface area contributed by atoms with Crippen molar-refractivity contribution in [3.05, 3.63) is 34.3 Å². The quantitative estimate of drug-likeness (QED) is 0.788. The molecule has 3 aromatic heterocycles. The lowest BCUT2D eigenvalue weighted by Crippen LogP contribution is -2.12. The number of aromatic nitrogens is 3. The van der Waals surface area contributed by atoms with Crippen LogP contribution in [0.3, 0.4) is 0 Å². The lowest BCUT2D eigenvalue weighted by molar-refractivity contribution is -0.116. The fraction of sp³-hybridized carbons (Fsp3) is 0.286. The Balaban J connectivity index is 1.71. The second-order valence-electron chi connectivity index (χ2n) is 4.96. The molecular formula is C14H13ClN4O2S. The Morgan fingerprint density at radius 3 is 2.95 bits per heavy atom. The normalized spacial score (nSPS) is 11.0. The van der Waals surface area contributed by atoms with Crippen molar-refractivity contribution in [1.82, 2.24) is 14.5 Å². The third-order valence-electron chi connectivity index (χ3n) is 3.16. The molecule has 0 spiro atoms. The Labute approximate surface area is 135 Å². The van der Waals surface area contributed by atoms with E-state index in [-0.39, 0.29) is 17.5 Å². The molecular weight excluding hydrogens is 324 g/mol. The van der Waals surface area contributed by atoms with Crippen LogP contribution in [-0.4, -0.2) is 20.4 Å². The fourth-order valence-corrected chi connectivity index (χ4v) is 3.22. The van der Waals surface area contributed by atoms with Crippen molar-refractivity contribution < 1.29 is 9.32 Å². The van der Waals surface area contributed by atoms with Crippen molar-refractivity contribution in [3.63, 3.8) is 0 Å². The number of fused-ring (bicyclic) bond motifs is 1. The van der Waals surface area contributed by atoms with Gasteiger partial charge in [-0.05, 0) is 37.0 Å². The summed E-state index contributed by atoms with van der Waals surface area (Å²) in [6.07, 6.45) is 0.701. The Hall–Kier alpha value is -1.99. The molecule has 6 nitrogen and oxygen atoms in total. The predicted octanol–water partition coefficient (Wildman–Crippen LogP) is 3.52. The van der Waals surface area contributed by atoms with E-state index < -0.39 is 0 Å². The molecule has 0 saturated heterocycles. The van der Waals surface area contributed by atoms with Crippen molar-refractivity contribution in [1.29, 1.82) is 0 Å². The molecule has 0 aromatic carbocycles. The lowest BCUT2D eigenvalue weighted by atomic mass is 10.2. The smallest absolute Gasteiger partial charge is 0.226 e. The standard InChI is InChI=1S/C14H13ClN4O2S/c1-7-5-8(2)16-14-12(7)13(19-22-14)17-11(20)4-3-9-6-10(15)18-21-9/h5-6H,3-4H2,1-2H3,(H,17,19,20). The van der Waals surface area contributed by atoms with Gasteiger partial charge in [0.05, 0.1) is 5.39 Å². The fourth-order valence-electron chi connectivity index (χ4n) is 2.21. The molecule has 0 fully saturated rings. The molecule has 22 heavy (non-hydrogen) atoms. The van der Waals surface area contributed by atoms with Crippen LogP contribution in [0.4, 0.5) is 5.82 Å². The van der Waals surface area contributed by atoms with Gasteiger partial charge in [-0.25, -0.2) is 4.98 Å². The maximum absolute atomic E-state index is 12.1. The highest BCUT2D eigenvalue weighted by Gasteiger charge is 2.14. The molecule has 0 aliphatic rings. The van der Waals surface area contributed by atoms with Gasteiger partial charge in [-0.3, -0.25) is 4.79 Å². The second-order valence-corrected chi connectivity index (χ2v) is 6.10. The number of amides is 1. The number of anilines is 1. The van der Waals surface area contributed by atoms with Crippen molar-refractivity contribution in [3.8, 4) is 0 Å². The van der Waals surface area contributed by atoms with E-state index in [0.29, 0.717) is 18.0 Å². The largest absolute Gasteiger partial charge is 0.360 e. The Kier molecular flexibility index (Phi) is 4.08. The van der Waals surface area contributed by atoms with Crippen molar-refractivity contribution in [2.75, 3.05) is 5.32 Å². The summed E-state index contributed by atoms with van der Waals surface area (Å²) in [6.45, 7) is 3.92. The monoisotopic (exact) mass is 336 g/mol. The predicted molar refractivity (Wildman–Crippen MR) is 85.4 cm³/mol. The average molecular weight is 337 g/mol. The molecule has 0 atom stereocenters. The van der Waals surface area contributed by atoms with E-state index in [9.17, 15) is 4.79 Å². The van der Waals surface area contributed by atoms with E-state index in [1.807, 2.05) is 19.9 Å². The average Bonchev–Trinajstić information content (AvgIpc) is 3.03. The molecule has 114 valence electrons. The molecule has 0 bridgehead atoms. The molecule has 0 aliphatic carbocycles. The van der Waals surface area contributed by atoms with E-state index >= 15 is 0 Å². The molecule has 0 saturated carbocycles. The van der Waals surface area contributed by atoms with Crippen molar-refractivity contribution in [2.24, 2.45) is 0 Å². The lowest BCUT2D eigenvalue weighted by Gasteiger charge is -2.03. The van der Waals surface area contributed by atoms with Crippen LogP contribution in [0, 0.1) is 13.8 Å². The summed E-state index contributed by atoms with van der Waals surface area (Å²) in [6, 6.07) is 3.58. The number of halogens is 1. The zero-order valence-corrected chi connectivity index (χ0v) is 13.6. The molecule has 3 rings (SSSR count). The summed E-state index contributed by atoms with van der Waals surface area (Å²) < 4.78 is 9.25. The van der Waals surface area contributed by atoms with Crippen LogP contribution in [0.25, 0.3) is 10.2 Å². The van der Waals surface area contributed by atoms with Crippen LogP contribution in [0.2, 0.25) is 5.15 Å². The van der Waals surface area contributed by atoms with Crippen LogP contribution < -0.4 is 5.32 Å². The van der Waals surface area contributed by atoms with Crippen LogP contribution >= 0.6 is 23.1 Å². The first kappa shape index (κ1) is 14.9.